The van der Waals surface area contributed by atoms with Crippen molar-refractivity contribution < 1.29 is 10.0 Å². The van der Waals surface area contributed by atoms with E-state index >= 15 is 0 Å². The molecule has 0 spiro atoms. The number of nitro benzene ring substituents is 1. The predicted molar refractivity (Wildman–Crippen MR) is 68.3 cm³/mol. The molecule has 0 aliphatic rings. The van der Waals surface area contributed by atoms with Gasteiger partial charge in [-0.05, 0) is 25.5 Å². The molecule has 1 aromatic carbocycles. The Hall–Kier alpha value is -2.28. The fourth-order valence-electron chi connectivity index (χ4n) is 1.87. The van der Waals surface area contributed by atoms with Crippen molar-refractivity contribution in [2.24, 2.45) is 0 Å². The van der Waals surface area contributed by atoms with Crippen LogP contribution in [-0.4, -0.2) is 31.6 Å². The van der Waals surface area contributed by atoms with E-state index in [2.05, 4.69) is 10.3 Å². The number of aromatic nitrogens is 3. The maximum absolute atomic E-state index is 10.9. The Labute approximate surface area is 109 Å². The number of benzene rings is 1. The molecule has 1 heterocycles. The van der Waals surface area contributed by atoms with Gasteiger partial charge in [0.1, 0.15) is 0 Å². The summed E-state index contributed by atoms with van der Waals surface area (Å²) in [6, 6.07) is 3.24. The van der Waals surface area contributed by atoms with Crippen molar-refractivity contribution in [3.05, 3.63) is 45.3 Å². The largest absolute Gasteiger partial charge is 0.396 e. The van der Waals surface area contributed by atoms with Crippen LogP contribution in [0.15, 0.2) is 18.3 Å². The first-order valence-corrected chi connectivity index (χ1v) is 5.81. The van der Waals surface area contributed by atoms with Gasteiger partial charge in [0.05, 0.1) is 22.5 Å². The van der Waals surface area contributed by atoms with Gasteiger partial charge in [-0.2, -0.15) is 0 Å². The molecule has 0 saturated heterocycles. The van der Waals surface area contributed by atoms with E-state index in [0.717, 1.165) is 11.3 Å². The third kappa shape index (κ3) is 2.60. The van der Waals surface area contributed by atoms with E-state index in [0.29, 0.717) is 17.7 Å². The number of aliphatic hydroxyl groups excluding tert-OH is 1. The lowest BCUT2D eigenvalue weighted by molar-refractivity contribution is -0.385. The molecule has 0 aliphatic carbocycles. The third-order valence-corrected chi connectivity index (χ3v) is 2.87. The van der Waals surface area contributed by atoms with Crippen LogP contribution in [0, 0.1) is 24.0 Å². The number of nitrogens with zero attached hydrogens (tertiary/aromatic N) is 4. The van der Waals surface area contributed by atoms with Gasteiger partial charge in [-0.15, -0.1) is 5.10 Å². The standard InChI is InChI=1S/C12H14N4O3/c1-8-6-12(16(18)19)9(2)5-11(8)15-7-10(3-4-17)13-14-15/h5-7,17H,3-4H2,1-2H3. The molecule has 0 atom stereocenters. The van der Waals surface area contributed by atoms with Gasteiger partial charge in [0.25, 0.3) is 5.69 Å². The van der Waals surface area contributed by atoms with Crippen molar-refractivity contribution in [2.45, 2.75) is 20.3 Å². The lowest BCUT2D eigenvalue weighted by Crippen LogP contribution is -2.01. The molecule has 0 fully saturated rings. The molecular weight excluding hydrogens is 248 g/mol. The number of rotatable bonds is 4. The summed E-state index contributed by atoms with van der Waals surface area (Å²) in [7, 11) is 0. The maximum atomic E-state index is 10.9. The van der Waals surface area contributed by atoms with Gasteiger partial charge in [0.15, 0.2) is 0 Å². The summed E-state index contributed by atoms with van der Waals surface area (Å²) in [5, 5.41) is 27.6. The summed E-state index contributed by atoms with van der Waals surface area (Å²) in [6.45, 7) is 3.48. The second-order valence-electron chi connectivity index (χ2n) is 4.31. The van der Waals surface area contributed by atoms with Crippen LogP contribution in [0.4, 0.5) is 5.69 Å². The SMILES string of the molecule is Cc1cc([N+](=O)[O-])c(C)cc1-n1cc(CCO)nn1. The number of aliphatic hydroxyl groups is 1. The van der Waals surface area contributed by atoms with Crippen molar-refractivity contribution >= 4 is 5.69 Å². The fraction of sp³-hybridized carbons (Fsp3) is 0.333. The zero-order valence-corrected chi connectivity index (χ0v) is 10.7. The zero-order valence-electron chi connectivity index (χ0n) is 10.7. The van der Waals surface area contributed by atoms with E-state index in [9.17, 15) is 10.1 Å². The molecule has 1 aromatic heterocycles. The number of aryl methyl sites for hydroxylation is 2. The Morgan fingerprint density at radius 3 is 2.74 bits per heavy atom. The van der Waals surface area contributed by atoms with Gasteiger partial charge in [-0.1, -0.05) is 5.21 Å². The molecule has 7 nitrogen and oxygen atoms in total. The van der Waals surface area contributed by atoms with Crippen molar-refractivity contribution in [3.8, 4) is 5.69 Å². The van der Waals surface area contributed by atoms with Gasteiger partial charge in [0.2, 0.25) is 0 Å². The first-order chi connectivity index (χ1) is 9.02. The molecule has 0 amide bonds. The van der Waals surface area contributed by atoms with Gasteiger partial charge in [0, 0.05) is 24.7 Å². The third-order valence-electron chi connectivity index (χ3n) is 2.87. The first kappa shape index (κ1) is 13.2. The lowest BCUT2D eigenvalue weighted by atomic mass is 10.1. The van der Waals surface area contributed by atoms with Gasteiger partial charge >= 0.3 is 0 Å². The summed E-state index contributed by atoms with van der Waals surface area (Å²) in [5.74, 6) is 0. The normalized spacial score (nSPS) is 10.7. The first-order valence-electron chi connectivity index (χ1n) is 5.81. The van der Waals surface area contributed by atoms with Gasteiger partial charge < -0.3 is 5.11 Å². The molecule has 2 rings (SSSR count). The summed E-state index contributed by atoms with van der Waals surface area (Å²) in [4.78, 5) is 10.5. The van der Waals surface area contributed by atoms with Crippen molar-refractivity contribution in [1.82, 2.24) is 15.0 Å². The van der Waals surface area contributed by atoms with Crippen LogP contribution in [0.2, 0.25) is 0 Å². The summed E-state index contributed by atoms with van der Waals surface area (Å²) < 4.78 is 1.57. The van der Waals surface area contributed by atoms with E-state index in [4.69, 9.17) is 5.11 Å². The minimum atomic E-state index is -0.398. The van der Waals surface area contributed by atoms with E-state index in [1.165, 1.54) is 6.07 Å². The average Bonchev–Trinajstić information content (AvgIpc) is 2.80. The molecule has 0 aliphatic heterocycles. The minimum Gasteiger partial charge on any atom is -0.396 e. The molecule has 19 heavy (non-hydrogen) atoms. The van der Waals surface area contributed by atoms with Crippen LogP contribution in [0.25, 0.3) is 5.69 Å². The molecule has 100 valence electrons. The van der Waals surface area contributed by atoms with E-state index in [1.807, 2.05) is 0 Å². The summed E-state index contributed by atoms with van der Waals surface area (Å²) in [5.41, 5.74) is 2.84. The highest BCUT2D eigenvalue weighted by molar-refractivity contribution is 5.52. The Morgan fingerprint density at radius 2 is 2.11 bits per heavy atom. The molecule has 0 saturated carbocycles. The topological polar surface area (TPSA) is 94.1 Å². The molecule has 0 unspecified atom stereocenters. The molecule has 0 bridgehead atoms. The van der Waals surface area contributed by atoms with Crippen molar-refractivity contribution in [2.75, 3.05) is 6.61 Å². The van der Waals surface area contributed by atoms with Crippen LogP contribution in [0.3, 0.4) is 0 Å². The number of hydrogen-bond donors (Lipinski definition) is 1. The van der Waals surface area contributed by atoms with Crippen LogP contribution in [0.1, 0.15) is 16.8 Å². The lowest BCUT2D eigenvalue weighted by Gasteiger charge is -2.06. The molecule has 1 N–H and O–H groups in total. The number of nitro groups is 1. The zero-order chi connectivity index (χ0) is 14.0. The van der Waals surface area contributed by atoms with Crippen LogP contribution < -0.4 is 0 Å². The van der Waals surface area contributed by atoms with Crippen molar-refractivity contribution in [1.29, 1.82) is 0 Å². The highest BCUT2D eigenvalue weighted by Crippen LogP contribution is 2.24. The van der Waals surface area contributed by atoms with Gasteiger partial charge in [-0.25, -0.2) is 4.68 Å². The minimum absolute atomic E-state index is 0.0109. The monoisotopic (exact) mass is 262 g/mol. The molecular formula is C12H14N4O3. The Bertz CT molecular complexity index is 621. The van der Waals surface area contributed by atoms with Crippen LogP contribution >= 0.6 is 0 Å². The van der Waals surface area contributed by atoms with Crippen molar-refractivity contribution in [3.63, 3.8) is 0 Å². The van der Waals surface area contributed by atoms with Crippen LogP contribution in [-0.2, 0) is 6.42 Å². The van der Waals surface area contributed by atoms with E-state index in [1.54, 1.807) is 30.8 Å². The Balaban J connectivity index is 2.44. The maximum Gasteiger partial charge on any atom is 0.272 e. The fourth-order valence-corrected chi connectivity index (χ4v) is 1.87. The van der Waals surface area contributed by atoms with E-state index in [-0.39, 0.29) is 12.3 Å². The summed E-state index contributed by atoms with van der Waals surface area (Å²) >= 11 is 0. The smallest absolute Gasteiger partial charge is 0.272 e. The second-order valence-corrected chi connectivity index (χ2v) is 4.31. The predicted octanol–water partition coefficient (Wildman–Crippen LogP) is 1.33. The van der Waals surface area contributed by atoms with Crippen LogP contribution in [0.5, 0.6) is 0 Å². The van der Waals surface area contributed by atoms with Gasteiger partial charge in [-0.3, -0.25) is 10.1 Å². The summed E-state index contributed by atoms with van der Waals surface area (Å²) in [6.07, 6.45) is 2.15. The molecule has 0 radical (unpaired) electrons. The van der Waals surface area contributed by atoms with E-state index < -0.39 is 4.92 Å². The molecule has 7 heteroatoms. The Kier molecular flexibility index (Phi) is 3.57. The highest BCUT2D eigenvalue weighted by atomic mass is 16.6. The quantitative estimate of drug-likeness (QED) is 0.662. The second kappa shape index (κ2) is 5.15. The molecule has 2 aromatic rings. The number of hydrogen-bond acceptors (Lipinski definition) is 5. The highest BCUT2D eigenvalue weighted by Gasteiger charge is 2.15. The Morgan fingerprint density at radius 1 is 1.37 bits per heavy atom. The average molecular weight is 262 g/mol.